The summed E-state index contributed by atoms with van der Waals surface area (Å²) < 4.78 is 7.39. The Hall–Kier alpha value is -3.48. The molecule has 142 valence electrons. The zero-order valence-corrected chi connectivity index (χ0v) is 15.8. The molecule has 2 aromatic heterocycles. The lowest BCUT2D eigenvalue weighted by Gasteiger charge is -2.25. The second-order valence-electron chi connectivity index (χ2n) is 6.69. The van der Waals surface area contributed by atoms with Gasteiger partial charge in [0.1, 0.15) is 18.2 Å². The first-order valence-electron chi connectivity index (χ1n) is 9.17. The Labute approximate surface area is 162 Å². The van der Waals surface area contributed by atoms with Gasteiger partial charge in [0.25, 0.3) is 0 Å². The van der Waals surface area contributed by atoms with Crippen LogP contribution in [0.25, 0.3) is 16.8 Å². The topological polar surface area (TPSA) is 77.1 Å². The van der Waals surface area contributed by atoms with Crippen LogP contribution in [0.1, 0.15) is 30.8 Å². The lowest BCUT2D eigenvalue weighted by atomic mass is 10.1. The van der Waals surface area contributed by atoms with Crippen molar-refractivity contribution in [3.8, 4) is 5.69 Å². The van der Waals surface area contributed by atoms with E-state index in [0.717, 1.165) is 22.4 Å². The second kappa shape index (κ2) is 7.64. The summed E-state index contributed by atoms with van der Waals surface area (Å²) in [6, 6.07) is 15.5. The highest BCUT2D eigenvalue weighted by Crippen LogP contribution is 2.22. The summed E-state index contributed by atoms with van der Waals surface area (Å²) in [6.07, 6.45) is 3.99. The number of carbonyl (C=O) groups is 1. The number of amides is 1. The zero-order valence-electron chi connectivity index (χ0n) is 15.8. The van der Waals surface area contributed by atoms with Crippen LogP contribution in [-0.2, 0) is 11.2 Å². The molecule has 0 aliphatic heterocycles. The van der Waals surface area contributed by atoms with Crippen LogP contribution in [0, 0.1) is 0 Å². The first-order chi connectivity index (χ1) is 13.6. The van der Waals surface area contributed by atoms with E-state index in [1.807, 2.05) is 62.5 Å². The number of aromatic nitrogens is 4. The number of hydrogen-bond acceptors (Lipinski definition) is 5. The highest BCUT2D eigenvalue weighted by atomic mass is 16.3. The molecular weight excluding hydrogens is 354 g/mol. The number of rotatable bonds is 6. The fraction of sp³-hybridized carbons (Fsp3) is 0.238. The number of fused-ring (bicyclic) bond motifs is 1. The van der Waals surface area contributed by atoms with Crippen LogP contribution in [0.3, 0.4) is 0 Å². The maximum Gasteiger partial charge on any atom is 0.223 e. The third-order valence-electron chi connectivity index (χ3n) is 4.92. The summed E-state index contributed by atoms with van der Waals surface area (Å²) in [5.74, 6) is 0.642. The van der Waals surface area contributed by atoms with Crippen LogP contribution in [0.4, 0.5) is 0 Å². The smallest absolute Gasteiger partial charge is 0.223 e. The number of aryl methyl sites for hydroxylation is 1. The molecule has 0 unspecified atom stereocenters. The number of carbonyl (C=O) groups excluding carboxylic acids is 1. The minimum absolute atomic E-state index is 0.0408. The van der Waals surface area contributed by atoms with Gasteiger partial charge < -0.3 is 9.32 Å². The number of para-hydroxylation sites is 2. The molecule has 7 nitrogen and oxygen atoms in total. The van der Waals surface area contributed by atoms with Gasteiger partial charge in [-0.15, -0.1) is 0 Å². The largest absolute Gasteiger partial charge is 0.441 e. The van der Waals surface area contributed by atoms with E-state index in [0.29, 0.717) is 18.7 Å². The maximum absolute atomic E-state index is 12.6. The highest BCUT2D eigenvalue weighted by Gasteiger charge is 2.18. The highest BCUT2D eigenvalue weighted by molar-refractivity contribution is 5.77. The summed E-state index contributed by atoms with van der Waals surface area (Å²) in [7, 11) is 1.82. The Morgan fingerprint density at radius 3 is 2.68 bits per heavy atom. The van der Waals surface area contributed by atoms with Crippen LogP contribution in [0.5, 0.6) is 0 Å². The van der Waals surface area contributed by atoms with Gasteiger partial charge in [-0.2, -0.15) is 5.10 Å². The summed E-state index contributed by atoms with van der Waals surface area (Å²) in [4.78, 5) is 22.8. The van der Waals surface area contributed by atoms with Crippen molar-refractivity contribution >= 4 is 17.0 Å². The fourth-order valence-electron chi connectivity index (χ4n) is 3.10. The third-order valence-corrected chi connectivity index (χ3v) is 4.92. The van der Waals surface area contributed by atoms with Crippen LogP contribution in [0.2, 0.25) is 0 Å². The SMILES string of the molecule is C[C@@H](c1ccc(-n2cncn2)cc1)N(C)C(=O)CCc1nc2ccccc2o1. The lowest BCUT2D eigenvalue weighted by Crippen LogP contribution is -2.29. The van der Waals surface area contributed by atoms with E-state index < -0.39 is 0 Å². The number of benzene rings is 2. The lowest BCUT2D eigenvalue weighted by molar-refractivity contribution is -0.131. The normalized spacial score (nSPS) is 12.2. The Balaban J connectivity index is 1.38. The van der Waals surface area contributed by atoms with Crippen molar-refractivity contribution in [3.63, 3.8) is 0 Å². The Morgan fingerprint density at radius 1 is 1.18 bits per heavy atom. The third kappa shape index (κ3) is 3.64. The second-order valence-corrected chi connectivity index (χ2v) is 6.69. The van der Waals surface area contributed by atoms with Crippen molar-refractivity contribution in [3.05, 3.63) is 72.6 Å². The van der Waals surface area contributed by atoms with Crippen molar-refractivity contribution in [2.45, 2.75) is 25.8 Å². The van der Waals surface area contributed by atoms with Gasteiger partial charge >= 0.3 is 0 Å². The van der Waals surface area contributed by atoms with Gasteiger partial charge in [0.05, 0.1) is 11.7 Å². The first kappa shape index (κ1) is 17.9. The monoisotopic (exact) mass is 375 g/mol. The van der Waals surface area contributed by atoms with E-state index in [1.165, 1.54) is 6.33 Å². The van der Waals surface area contributed by atoms with Gasteiger partial charge in [-0.05, 0) is 36.8 Å². The molecule has 0 aliphatic rings. The summed E-state index contributed by atoms with van der Waals surface area (Å²) >= 11 is 0. The van der Waals surface area contributed by atoms with Crippen molar-refractivity contribution in [1.82, 2.24) is 24.6 Å². The minimum Gasteiger partial charge on any atom is -0.441 e. The van der Waals surface area contributed by atoms with Gasteiger partial charge in [-0.3, -0.25) is 4.79 Å². The Bertz CT molecular complexity index is 1040. The van der Waals surface area contributed by atoms with Crippen molar-refractivity contribution < 1.29 is 9.21 Å². The molecule has 0 saturated heterocycles. The van der Waals surface area contributed by atoms with Crippen molar-refractivity contribution in [2.24, 2.45) is 0 Å². The molecule has 4 rings (SSSR count). The fourth-order valence-corrected chi connectivity index (χ4v) is 3.10. The summed E-state index contributed by atoms with van der Waals surface area (Å²) in [5, 5.41) is 4.12. The van der Waals surface area contributed by atoms with Crippen LogP contribution < -0.4 is 0 Å². The molecule has 0 N–H and O–H groups in total. The minimum atomic E-state index is -0.0408. The summed E-state index contributed by atoms with van der Waals surface area (Å²) in [6.45, 7) is 2.02. The predicted octanol–water partition coefficient (Wildman–Crippen LogP) is 3.56. The molecule has 1 atom stereocenters. The molecule has 4 aromatic rings. The van der Waals surface area contributed by atoms with E-state index in [4.69, 9.17) is 4.42 Å². The molecule has 0 spiro atoms. The van der Waals surface area contributed by atoms with Crippen molar-refractivity contribution in [2.75, 3.05) is 7.05 Å². The van der Waals surface area contributed by atoms with E-state index in [-0.39, 0.29) is 11.9 Å². The number of oxazole rings is 1. The van der Waals surface area contributed by atoms with Gasteiger partial charge in [-0.1, -0.05) is 24.3 Å². The standard InChI is InChI=1S/C21H21N5O2/c1-15(16-7-9-17(10-8-16)26-14-22-13-23-26)25(2)21(27)12-11-20-24-18-5-3-4-6-19(18)28-20/h3-10,13-15H,11-12H2,1-2H3/t15-/m0/s1. The average Bonchev–Trinajstić information content (AvgIpc) is 3.40. The summed E-state index contributed by atoms with van der Waals surface area (Å²) in [5.41, 5.74) is 3.55. The first-order valence-corrected chi connectivity index (χ1v) is 9.17. The van der Waals surface area contributed by atoms with Crippen molar-refractivity contribution in [1.29, 1.82) is 0 Å². The van der Waals surface area contributed by atoms with Gasteiger partial charge in [0, 0.05) is 19.9 Å². The molecule has 0 radical (unpaired) electrons. The Morgan fingerprint density at radius 2 is 1.96 bits per heavy atom. The van der Waals surface area contributed by atoms with Crippen LogP contribution in [-0.4, -0.2) is 37.6 Å². The van der Waals surface area contributed by atoms with Gasteiger partial charge in [0.2, 0.25) is 5.91 Å². The molecule has 28 heavy (non-hydrogen) atoms. The molecule has 1 amide bonds. The van der Waals surface area contributed by atoms with E-state index in [1.54, 1.807) is 15.9 Å². The van der Waals surface area contributed by atoms with E-state index in [2.05, 4.69) is 15.1 Å². The molecule has 0 bridgehead atoms. The number of hydrogen-bond donors (Lipinski definition) is 0. The molecule has 0 fully saturated rings. The molecule has 2 aromatic carbocycles. The maximum atomic E-state index is 12.6. The average molecular weight is 375 g/mol. The predicted molar refractivity (Wildman–Crippen MR) is 105 cm³/mol. The van der Waals surface area contributed by atoms with E-state index in [9.17, 15) is 4.79 Å². The van der Waals surface area contributed by atoms with E-state index >= 15 is 0 Å². The number of nitrogens with zero attached hydrogens (tertiary/aromatic N) is 5. The Kier molecular flexibility index (Phi) is 4.89. The molecular formula is C21H21N5O2. The molecule has 0 saturated carbocycles. The van der Waals surface area contributed by atoms with Gasteiger partial charge in [0.15, 0.2) is 11.5 Å². The molecule has 0 aliphatic carbocycles. The van der Waals surface area contributed by atoms with Crippen LogP contribution >= 0.6 is 0 Å². The zero-order chi connectivity index (χ0) is 19.5. The van der Waals surface area contributed by atoms with Crippen LogP contribution in [0.15, 0.2) is 65.6 Å². The molecule has 7 heteroatoms. The van der Waals surface area contributed by atoms with Gasteiger partial charge in [-0.25, -0.2) is 14.6 Å². The molecule has 2 heterocycles. The quantitative estimate of drug-likeness (QED) is 0.515.